The number of rotatable bonds is 5. The number of esters is 1. The van der Waals surface area contributed by atoms with E-state index < -0.39 is 27.7 Å². The molecule has 3 aromatic heterocycles. The summed E-state index contributed by atoms with van der Waals surface area (Å²) < 4.78 is 71.8. The Morgan fingerprint density at radius 1 is 1.03 bits per heavy atom. The molecule has 3 heterocycles. The van der Waals surface area contributed by atoms with Gasteiger partial charge >= 0.3 is 12.1 Å². The van der Waals surface area contributed by atoms with Crippen LogP contribution in [-0.4, -0.2) is 35.4 Å². The van der Waals surface area contributed by atoms with E-state index in [2.05, 4.69) is 9.97 Å². The fourth-order valence-corrected chi connectivity index (χ4v) is 5.72. The van der Waals surface area contributed by atoms with Crippen molar-refractivity contribution >= 4 is 38.6 Å². The van der Waals surface area contributed by atoms with Crippen molar-refractivity contribution in [3.63, 3.8) is 0 Å². The second-order valence-electron chi connectivity index (χ2n) is 8.18. The molecular formula is C26H17ClF3N3O4S. The van der Waals surface area contributed by atoms with Crippen molar-refractivity contribution in [1.29, 1.82) is 0 Å². The van der Waals surface area contributed by atoms with Crippen LogP contribution in [0.15, 0.2) is 84.0 Å². The minimum Gasteiger partial charge on any atom is -0.465 e. The molecule has 0 atom stereocenters. The van der Waals surface area contributed by atoms with Gasteiger partial charge in [0.1, 0.15) is 0 Å². The topological polar surface area (TPSA) is 94.0 Å². The number of fused-ring (bicyclic) bond motifs is 1. The summed E-state index contributed by atoms with van der Waals surface area (Å²) in [5.41, 5.74) is 0.414. The molecule has 0 saturated heterocycles. The largest absolute Gasteiger partial charge is 0.465 e. The van der Waals surface area contributed by atoms with Crippen molar-refractivity contribution in [1.82, 2.24) is 13.9 Å². The summed E-state index contributed by atoms with van der Waals surface area (Å²) >= 11 is 6.20. The van der Waals surface area contributed by atoms with Crippen LogP contribution in [0.1, 0.15) is 15.9 Å². The van der Waals surface area contributed by atoms with Gasteiger partial charge in [-0.1, -0.05) is 35.9 Å². The highest BCUT2D eigenvalue weighted by atomic mass is 35.5. The van der Waals surface area contributed by atoms with Gasteiger partial charge in [-0.05, 0) is 42.5 Å². The highest BCUT2D eigenvalue weighted by molar-refractivity contribution is 7.90. The average Bonchev–Trinajstić information content (AvgIpc) is 3.53. The molecule has 12 heteroatoms. The predicted molar refractivity (Wildman–Crippen MR) is 135 cm³/mol. The van der Waals surface area contributed by atoms with Crippen molar-refractivity contribution < 1.29 is 31.1 Å². The Balaban J connectivity index is 1.67. The zero-order valence-corrected chi connectivity index (χ0v) is 21.0. The lowest BCUT2D eigenvalue weighted by molar-refractivity contribution is -0.137. The summed E-state index contributed by atoms with van der Waals surface area (Å²) in [4.78, 5) is 20.0. The number of pyridine rings is 1. The number of methoxy groups -OCH3 is 1. The van der Waals surface area contributed by atoms with Crippen LogP contribution < -0.4 is 0 Å². The number of halogens is 4. The van der Waals surface area contributed by atoms with Gasteiger partial charge in [-0.25, -0.2) is 22.2 Å². The quantitative estimate of drug-likeness (QED) is 0.252. The molecular weight excluding hydrogens is 543 g/mol. The number of carbonyl (C=O) groups excluding carboxylic acids is 1. The molecule has 0 fully saturated rings. The van der Waals surface area contributed by atoms with E-state index in [1.165, 1.54) is 37.7 Å². The molecule has 0 aliphatic rings. The Hall–Kier alpha value is -4.09. The lowest BCUT2D eigenvalue weighted by Crippen LogP contribution is -2.12. The van der Waals surface area contributed by atoms with E-state index in [-0.39, 0.29) is 32.4 Å². The number of ether oxygens (including phenoxy) is 1. The predicted octanol–water partition coefficient (Wildman–Crippen LogP) is 6.39. The average molecular weight is 560 g/mol. The first kappa shape index (κ1) is 25.6. The first-order chi connectivity index (χ1) is 18.0. The minimum atomic E-state index is -4.59. The Labute approximate surface area is 219 Å². The van der Waals surface area contributed by atoms with E-state index >= 15 is 0 Å². The minimum absolute atomic E-state index is 0.0328. The van der Waals surface area contributed by atoms with Crippen LogP contribution >= 0.6 is 11.6 Å². The van der Waals surface area contributed by atoms with E-state index in [1.54, 1.807) is 30.3 Å². The molecule has 1 N–H and O–H groups in total. The normalized spacial score (nSPS) is 12.1. The molecule has 0 unspecified atom stereocenters. The lowest BCUT2D eigenvalue weighted by atomic mass is 10.1. The van der Waals surface area contributed by atoms with Crippen molar-refractivity contribution in [2.45, 2.75) is 11.1 Å². The number of carbonyl (C=O) groups is 1. The maximum atomic E-state index is 13.2. The molecule has 7 nitrogen and oxygen atoms in total. The number of nitrogens with one attached hydrogen (secondary N) is 1. The van der Waals surface area contributed by atoms with Crippen LogP contribution in [-0.2, 0) is 20.9 Å². The van der Waals surface area contributed by atoms with Crippen LogP contribution in [0.4, 0.5) is 13.2 Å². The number of benzene rings is 2. The number of nitrogens with zero attached hydrogens (tertiary/aromatic N) is 2. The van der Waals surface area contributed by atoms with Crippen molar-refractivity contribution in [3.8, 4) is 22.5 Å². The fourth-order valence-electron chi connectivity index (χ4n) is 4.13. The maximum Gasteiger partial charge on any atom is 0.416 e. The fraction of sp³-hybridized carbons (Fsp3) is 0.0769. The van der Waals surface area contributed by atoms with Gasteiger partial charge in [0.15, 0.2) is 5.65 Å². The molecule has 0 aliphatic carbocycles. The second kappa shape index (κ2) is 9.34. The van der Waals surface area contributed by atoms with Gasteiger partial charge in [0.05, 0.1) is 33.8 Å². The molecule has 5 rings (SSSR count). The third kappa shape index (κ3) is 4.33. The van der Waals surface area contributed by atoms with E-state index in [0.717, 1.165) is 22.2 Å². The molecule has 0 bridgehead atoms. The standard InChI is InChI=1S/C26H17ClF3N3O4S/c1-37-25(34)20-14-22(32-23(20)19-8-7-15(13-21(19)27)26(28,29)30)17-9-11-31-24-18(17)10-12-33(24)38(35,36)16-5-3-2-4-6-16/h2-14,32H,1H3. The van der Waals surface area contributed by atoms with E-state index in [0.29, 0.717) is 16.6 Å². The Morgan fingerprint density at radius 2 is 1.76 bits per heavy atom. The van der Waals surface area contributed by atoms with Crippen LogP contribution in [0.25, 0.3) is 33.5 Å². The zero-order valence-electron chi connectivity index (χ0n) is 19.5. The third-order valence-electron chi connectivity index (χ3n) is 5.93. The third-order valence-corrected chi connectivity index (χ3v) is 7.93. The SMILES string of the molecule is COC(=O)c1cc(-c2ccnc3c2ccn3S(=O)(=O)c2ccccc2)[nH]c1-c1ccc(C(F)(F)F)cc1Cl. The van der Waals surface area contributed by atoms with Gasteiger partial charge in [-0.15, -0.1) is 0 Å². The number of aromatic nitrogens is 3. The molecule has 0 spiro atoms. The van der Waals surface area contributed by atoms with Gasteiger partial charge in [-0.2, -0.15) is 13.2 Å². The number of alkyl halides is 3. The first-order valence-electron chi connectivity index (χ1n) is 11.0. The Bertz CT molecular complexity index is 1800. The summed E-state index contributed by atoms with van der Waals surface area (Å²) in [6.07, 6.45) is -1.80. The van der Waals surface area contributed by atoms with E-state index in [1.807, 2.05) is 0 Å². The number of H-pyrrole nitrogens is 1. The molecule has 38 heavy (non-hydrogen) atoms. The smallest absolute Gasteiger partial charge is 0.416 e. The summed E-state index contributed by atoms with van der Waals surface area (Å²) in [5, 5.41) is 0.230. The molecule has 2 aromatic carbocycles. The molecule has 194 valence electrons. The Morgan fingerprint density at radius 3 is 2.42 bits per heavy atom. The summed E-state index contributed by atoms with van der Waals surface area (Å²) in [7, 11) is -2.77. The van der Waals surface area contributed by atoms with Gasteiger partial charge in [0.2, 0.25) is 0 Å². The molecule has 0 radical (unpaired) electrons. The van der Waals surface area contributed by atoms with Crippen molar-refractivity contribution in [2.24, 2.45) is 0 Å². The number of hydrogen-bond acceptors (Lipinski definition) is 5. The van der Waals surface area contributed by atoms with E-state index in [4.69, 9.17) is 16.3 Å². The van der Waals surface area contributed by atoms with E-state index in [9.17, 15) is 26.4 Å². The zero-order chi connectivity index (χ0) is 27.2. The van der Waals surface area contributed by atoms with Crippen LogP contribution in [0.5, 0.6) is 0 Å². The highest BCUT2D eigenvalue weighted by Gasteiger charge is 2.31. The number of hydrogen-bond donors (Lipinski definition) is 1. The monoisotopic (exact) mass is 559 g/mol. The molecule has 0 aliphatic heterocycles. The lowest BCUT2D eigenvalue weighted by Gasteiger charge is -2.10. The van der Waals surface area contributed by atoms with Gasteiger partial charge in [0, 0.05) is 34.6 Å². The second-order valence-corrected chi connectivity index (χ2v) is 10.4. The highest BCUT2D eigenvalue weighted by Crippen LogP contribution is 2.39. The van der Waals surface area contributed by atoms with Gasteiger partial charge in [0.25, 0.3) is 10.0 Å². The van der Waals surface area contributed by atoms with Gasteiger partial charge in [-0.3, -0.25) is 0 Å². The molecule has 0 amide bonds. The summed E-state index contributed by atoms with van der Waals surface area (Å²) in [5.74, 6) is -0.743. The first-order valence-corrected chi connectivity index (χ1v) is 12.8. The molecule has 5 aromatic rings. The Kier molecular flexibility index (Phi) is 6.28. The molecule has 0 saturated carbocycles. The van der Waals surface area contributed by atoms with Crippen LogP contribution in [0, 0.1) is 0 Å². The summed E-state index contributed by atoms with van der Waals surface area (Å²) in [6, 6.07) is 15.3. The van der Waals surface area contributed by atoms with Crippen LogP contribution in [0.2, 0.25) is 5.02 Å². The maximum absolute atomic E-state index is 13.2. The van der Waals surface area contributed by atoms with Crippen LogP contribution in [0.3, 0.4) is 0 Å². The van der Waals surface area contributed by atoms with Crippen molar-refractivity contribution in [2.75, 3.05) is 7.11 Å². The number of aromatic amines is 1. The van der Waals surface area contributed by atoms with Gasteiger partial charge < -0.3 is 9.72 Å². The van der Waals surface area contributed by atoms with Crippen molar-refractivity contribution in [3.05, 3.63) is 95.3 Å². The summed E-state index contributed by atoms with van der Waals surface area (Å²) in [6.45, 7) is 0.